The lowest BCUT2D eigenvalue weighted by Crippen LogP contribution is -2.42. The summed E-state index contributed by atoms with van der Waals surface area (Å²) in [7, 11) is 0. The van der Waals surface area contributed by atoms with Gasteiger partial charge in [-0.1, -0.05) is 54.6 Å². The van der Waals surface area contributed by atoms with E-state index in [0.717, 1.165) is 0 Å². The zero-order chi connectivity index (χ0) is 23.9. The molecule has 0 aliphatic heterocycles. The van der Waals surface area contributed by atoms with Gasteiger partial charge in [0, 0.05) is 12.0 Å². The van der Waals surface area contributed by atoms with Crippen molar-refractivity contribution < 1.29 is 28.6 Å². The van der Waals surface area contributed by atoms with Crippen LogP contribution in [0.2, 0.25) is 0 Å². The smallest absolute Gasteiger partial charge is 0.338 e. The zero-order valence-electron chi connectivity index (χ0n) is 18.4. The minimum Gasteiger partial charge on any atom is -0.462 e. The third-order valence-electron chi connectivity index (χ3n) is 5.73. The van der Waals surface area contributed by atoms with E-state index in [4.69, 9.17) is 19.9 Å². The largest absolute Gasteiger partial charge is 0.462 e. The van der Waals surface area contributed by atoms with Crippen LogP contribution in [0.4, 0.5) is 0 Å². The molecule has 1 unspecified atom stereocenters. The Kier molecular flexibility index (Phi) is 7.34. The van der Waals surface area contributed by atoms with Crippen LogP contribution in [0.15, 0.2) is 91.0 Å². The number of hydrogen-bond donors (Lipinski definition) is 1. The molecule has 4 rings (SSSR count). The van der Waals surface area contributed by atoms with E-state index in [2.05, 4.69) is 0 Å². The molecule has 0 heterocycles. The van der Waals surface area contributed by atoms with E-state index in [0.29, 0.717) is 23.1 Å². The van der Waals surface area contributed by atoms with Gasteiger partial charge in [0.2, 0.25) is 0 Å². The molecule has 1 aliphatic carbocycles. The van der Waals surface area contributed by atoms with Gasteiger partial charge in [-0.3, -0.25) is 0 Å². The first-order valence-corrected chi connectivity index (χ1v) is 11.0. The molecule has 7 heteroatoms. The molecule has 0 spiro atoms. The Balaban J connectivity index is 1.51. The monoisotopic (exact) mass is 459 g/mol. The average molecular weight is 459 g/mol. The van der Waals surface area contributed by atoms with Gasteiger partial charge in [0.15, 0.2) is 6.10 Å². The van der Waals surface area contributed by atoms with Gasteiger partial charge < -0.3 is 19.9 Å². The number of rotatable bonds is 7. The summed E-state index contributed by atoms with van der Waals surface area (Å²) in [5.41, 5.74) is 7.44. The molecular weight excluding hydrogens is 434 g/mol. The first kappa shape index (κ1) is 23.2. The summed E-state index contributed by atoms with van der Waals surface area (Å²) < 4.78 is 17.0. The van der Waals surface area contributed by atoms with E-state index in [-0.39, 0.29) is 6.61 Å². The zero-order valence-corrected chi connectivity index (χ0v) is 18.4. The van der Waals surface area contributed by atoms with Crippen LogP contribution in [-0.2, 0) is 14.2 Å². The number of esters is 3. The highest BCUT2D eigenvalue weighted by Crippen LogP contribution is 2.32. The molecule has 0 saturated heterocycles. The van der Waals surface area contributed by atoms with E-state index in [1.165, 1.54) is 0 Å². The second-order valence-electron chi connectivity index (χ2n) is 8.10. The first-order valence-electron chi connectivity index (χ1n) is 11.0. The molecule has 1 fully saturated rings. The second-order valence-corrected chi connectivity index (χ2v) is 8.10. The minimum atomic E-state index is -0.888. The van der Waals surface area contributed by atoms with Crippen LogP contribution in [0.1, 0.15) is 37.5 Å². The third kappa shape index (κ3) is 5.50. The quantitative estimate of drug-likeness (QED) is 0.425. The van der Waals surface area contributed by atoms with Crippen molar-refractivity contribution >= 4 is 17.9 Å². The summed E-state index contributed by atoms with van der Waals surface area (Å²) in [4.78, 5) is 37.9. The molecule has 3 aromatic carbocycles. The van der Waals surface area contributed by atoms with Crippen molar-refractivity contribution in [3.63, 3.8) is 0 Å². The predicted molar refractivity (Wildman–Crippen MR) is 124 cm³/mol. The maximum Gasteiger partial charge on any atom is 0.338 e. The normalized spacial score (nSPS) is 21.4. The molecule has 2 N–H and O–H groups in total. The van der Waals surface area contributed by atoms with Crippen molar-refractivity contribution in [1.82, 2.24) is 0 Å². The Hall–Kier alpha value is -3.97. The molecule has 3 aromatic rings. The maximum atomic E-state index is 12.8. The highest BCUT2D eigenvalue weighted by Gasteiger charge is 2.47. The van der Waals surface area contributed by atoms with E-state index in [1.54, 1.807) is 91.0 Å². The fourth-order valence-corrected chi connectivity index (χ4v) is 3.98. The molecule has 0 bridgehead atoms. The van der Waals surface area contributed by atoms with Crippen molar-refractivity contribution in [2.75, 3.05) is 6.61 Å². The van der Waals surface area contributed by atoms with Gasteiger partial charge in [0.05, 0.1) is 23.3 Å². The van der Waals surface area contributed by atoms with E-state index in [1.807, 2.05) is 0 Å². The third-order valence-corrected chi connectivity index (χ3v) is 5.73. The summed E-state index contributed by atoms with van der Waals surface area (Å²) in [6.07, 6.45) is -1.42. The van der Waals surface area contributed by atoms with Crippen molar-refractivity contribution in [2.45, 2.75) is 24.7 Å². The van der Waals surface area contributed by atoms with Crippen LogP contribution in [0, 0.1) is 5.92 Å². The molecule has 34 heavy (non-hydrogen) atoms. The molecular formula is C27H25NO6. The van der Waals surface area contributed by atoms with Crippen LogP contribution >= 0.6 is 0 Å². The molecule has 0 amide bonds. The van der Waals surface area contributed by atoms with Crippen LogP contribution in [-0.4, -0.2) is 42.8 Å². The van der Waals surface area contributed by atoms with Gasteiger partial charge in [-0.25, -0.2) is 14.4 Å². The van der Waals surface area contributed by atoms with Crippen LogP contribution in [0.5, 0.6) is 0 Å². The molecule has 174 valence electrons. The number of ether oxygens (including phenoxy) is 3. The second kappa shape index (κ2) is 10.8. The van der Waals surface area contributed by atoms with Crippen LogP contribution in [0.3, 0.4) is 0 Å². The topological polar surface area (TPSA) is 105 Å². The highest BCUT2D eigenvalue weighted by molar-refractivity contribution is 5.91. The first-order chi connectivity index (χ1) is 16.5. The van der Waals surface area contributed by atoms with Crippen LogP contribution < -0.4 is 5.73 Å². The summed E-state index contributed by atoms with van der Waals surface area (Å²) in [6.45, 7) is -0.0342. The van der Waals surface area contributed by atoms with Crippen molar-refractivity contribution in [3.05, 3.63) is 108 Å². The lowest BCUT2D eigenvalue weighted by molar-refractivity contribution is -0.0454. The highest BCUT2D eigenvalue weighted by atomic mass is 16.6. The fraction of sp³-hybridized carbons (Fsp3) is 0.222. The van der Waals surface area contributed by atoms with Crippen molar-refractivity contribution in [3.8, 4) is 0 Å². The number of carbonyl (C=O) groups is 3. The Morgan fingerprint density at radius 1 is 0.647 bits per heavy atom. The average Bonchev–Trinajstić information content (AvgIpc) is 3.17. The number of hydrogen-bond acceptors (Lipinski definition) is 7. The minimum absolute atomic E-state index is 0.0342. The summed E-state index contributed by atoms with van der Waals surface area (Å²) in [6, 6.07) is 25.0. The Bertz CT molecular complexity index is 1120. The summed E-state index contributed by atoms with van der Waals surface area (Å²) >= 11 is 0. The lowest BCUT2D eigenvalue weighted by atomic mass is 10.1. The molecule has 1 saturated carbocycles. The number of nitrogens with two attached hydrogens (primary N) is 1. The summed E-state index contributed by atoms with van der Waals surface area (Å²) in [5.74, 6) is -2.07. The van der Waals surface area contributed by atoms with E-state index >= 15 is 0 Å². The predicted octanol–water partition coefficient (Wildman–Crippen LogP) is 3.64. The standard InChI is InChI=1S/C27H25NO6/c28-22-16-21(17-32-25(29)18-10-4-1-5-11-18)23(33-26(30)19-12-6-2-7-13-19)24(22)34-27(31)20-14-8-3-9-15-20/h1-15,21-24H,16-17,28H2/t21-,22-,23+,24?/m1/s1. The van der Waals surface area contributed by atoms with Gasteiger partial charge >= 0.3 is 17.9 Å². The SMILES string of the molecule is N[C@@H]1C[C@H](COC(=O)c2ccccc2)[C@H](OC(=O)c2ccccc2)C1OC(=O)c1ccccc1. The van der Waals surface area contributed by atoms with Crippen molar-refractivity contribution in [2.24, 2.45) is 11.7 Å². The molecule has 7 nitrogen and oxygen atoms in total. The van der Waals surface area contributed by atoms with Gasteiger partial charge in [0.1, 0.15) is 6.10 Å². The van der Waals surface area contributed by atoms with Gasteiger partial charge in [-0.15, -0.1) is 0 Å². The lowest BCUT2D eigenvalue weighted by Gasteiger charge is -2.26. The Labute approximate surface area is 197 Å². The number of carbonyl (C=O) groups excluding carboxylic acids is 3. The van der Waals surface area contributed by atoms with Gasteiger partial charge in [-0.05, 0) is 42.8 Å². The van der Waals surface area contributed by atoms with Gasteiger partial charge in [-0.2, -0.15) is 0 Å². The maximum absolute atomic E-state index is 12.8. The summed E-state index contributed by atoms with van der Waals surface area (Å²) in [5, 5.41) is 0. The molecule has 0 radical (unpaired) electrons. The van der Waals surface area contributed by atoms with E-state index in [9.17, 15) is 14.4 Å². The fourth-order valence-electron chi connectivity index (χ4n) is 3.98. The Morgan fingerprint density at radius 3 is 1.53 bits per heavy atom. The van der Waals surface area contributed by atoms with Crippen molar-refractivity contribution in [1.29, 1.82) is 0 Å². The van der Waals surface area contributed by atoms with E-state index < -0.39 is 42.1 Å². The molecule has 4 atom stereocenters. The van der Waals surface area contributed by atoms with Gasteiger partial charge in [0.25, 0.3) is 0 Å². The number of benzene rings is 3. The molecule has 0 aromatic heterocycles. The van der Waals surface area contributed by atoms with Crippen LogP contribution in [0.25, 0.3) is 0 Å². The molecule has 1 aliphatic rings. The Morgan fingerprint density at radius 2 is 1.06 bits per heavy atom.